The smallest absolute Gasteiger partial charge is 0.119 e. The summed E-state index contributed by atoms with van der Waals surface area (Å²) in [5.74, 6) is 0.909. The van der Waals surface area contributed by atoms with E-state index in [0.29, 0.717) is 0 Å². The number of benzene rings is 1. The summed E-state index contributed by atoms with van der Waals surface area (Å²) in [4.78, 5) is 0. The van der Waals surface area contributed by atoms with Crippen LogP contribution in [0.15, 0.2) is 18.2 Å². The van der Waals surface area contributed by atoms with Gasteiger partial charge in [0, 0.05) is 6.04 Å². The minimum absolute atomic E-state index is 0.164. The number of rotatable bonds is 8. The first kappa shape index (κ1) is 15.0. The third kappa shape index (κ3) is 4.69. The highest BCUT2D eigenvalue weighted by molar-refractivity contribution is 5.36. The second-order valence-electron chi connectivity index (χ2n) is 5.03. The number of nitrogens with two attached hydrogens (primary N) is 1. The fourth-order valence-corrected chi connectivity index (χ4v) is 2.31. The SMILES string of the molecule is CCCCCCCC(N)c1ccc(OC)cc1C. The van der Waals surface area contributed by atoms with Crippen molar-refractivity contribution < 1.29 is 4.74 Å². The van der Waals surface area contributed by atoms with Gasteiger partial charge in [0.15, 0.2) is 0 Å². The molecule has 0 aliphatic heterocycles. The summed E-state index contributed by atoms with van der Waals surface area (Å²) in [7, 11) is 1.70. The lowest BCUT2D eigenvalue weighted by Crippen LogP contribution is -2.11. The molecule has 102 valence electrons. The molecule has 2 N–H and O–H groups in total. The first-order valence-electron chi connectivity index (χ1n) is 7.09. The molecule has 0 radical (unpaired) electrons. The molecule has 18 heavy (non-hydrogen) atoms. The summed E-state index contributed by atoms with van der Waals surface area (Å²) in [5.41, 5.74) is 8.75. The average Bonchev–Trinajstić information content (AvgIpc) is 2.38. The summed E-state index contributed by atoms with van der Waals surface area (Å²) >= 11 is 0. The molecular formula is C16H27NO. The largest absolute Gasteiger partial charge is 0.497 e. The van der Waals surface area contributed by atoms with Crippen LogP contribution in [0.4, 0.5) is 0 Å². The van der Waals surface area contributed by atoms with Gasteiger partial charge < -0.3 is 10.5 Å². The van der Waals surface area contributed by atoms with E-state index in [1.54, 1.807) is 7.11 Å². The molecule has 1 unspecified atom stereocenters. The molecule has 2 nitrogen and oxygen atoms in total. The van der Waals surface area contributed by atoms with Crippen LogP contribution in [0.5, 0.6) is 5.75 Å². The van der Waals surface area contributed by atoms with Gasteiger partial charge in [0.05, 0.1) is 7.11 Å². The van der Waals surface area contributed by atoms with Crippen molar-refractivity contribution in [3.63, 3.8) is 0 Å². The Morgan fingerprint density at radius 3 is 2.50 bits per heavy atom. The van der Waals surface area contributed by atoms with E-state index in [-0.39, 0.29) is 6.04 Å². The summed E-state index contributed by atoms with van der Waals surface area (Å²) in [6.07, 6.45) is 7.59. The van der Waals surface area contributed by atoms with Gasteiger partial charge in [0.2, 0.25) is 0 Å². The van der Waals surface area contributed by atoms with Crippen molar-refractivity contribution in [2.75, 3.05) is 7.11 Å². The van der Waals surface area contributed by atoms with Crippen LogP contribution in [-0.2, 0) is 0 Å². The maximum Gasteiger partial charge on any atom is 0.119 e. The standard InChI is InChI=1S/C16H27NO/c1-4-5-6-7-8-9-16(17)15-11-10-14(18-3)12-13(15)2/h10-12,16H,4-9,17H2,1-3H3. The van der Waals surface area contributed by atoms with Gasteiger partial charge >= 0.3 is 0 Å². The molecule has 0 aliphatic rings. The molecule has 0 spiro atoms. The van der Waals surface area contributed by atoms with Gasteiger partial charge in [-0.05, 0) is 36.6 Å². The molecule has 2 heteroatoms. The summed E-state index contributed by atoms with van der Waals surface area (Å²) in [5, 5.41) is 0. The maximum atomic E-state index is 6.26. The molecule has 0 fully saturated rings. The number of hydrogen-bond donors (Lipinski definition) is 1. The van der Waals surface area contributed by atoms with E-state index in [1.165, 1.54) is 43.2 Å². The minimum atomic E-state index is 0.164. The lowest BCUT2D eigenvalue weighted by molar-refractivity contribution is 0.414. The molecule has 0 saturated heterocycles. The Labute approximate surface area is 112 Å². The van der Waals surface area contributed by atoms with E-state index in [0.717, 1.165) is 12.2 Å². The van der Waals surface area contributed by atoms with Crippen molar-refractivity contribution in [2.24, 2.45) is 5.73 Å². The van der Waals surface area contributed by atoms with Crippen LogP contribution in [0.1, 0.15) is 62.6 Å². The van der Waals surface area contributed by atoms with Crippen molar-refractivity contribution in [1.29, 1.82) is 0 Å². The fourth-order valence-electron chi connectivity index (χ4n) is 2.31. The van der Waals surface area contributed by atoms with E-state index in [9.17, 15) is 0 Å². The van der Waals surface area contributed by atoms with Crippen LogP contribution in [0.3, 0.4) is 0 Å². The van der Waals surface area contributed by atoms with E-state index >= 15 is 0 Å². The normalized spacial score (nSPS) is 12.4. The van der Waals surface area contributed by atoms with Crippen LogP contribution < -0.4 is 10.5 Å². The highest BCUT2D eigenvalue weighted by Gasteiger charge is 2.09. The van der Waals surface area contributed by atoms with Gasteiger partial charge in [-0.1, -0.05) is 45.1 Å². The summed E-state index contributed by atoms with van der Waals surface area (Å²) < 4.78 is 5.21. The molecule has 0 amide bonds. The molecule has 1 aromatic rings. The second-order valence-corrected chi connectivity index (χ2v) is 5.03. The molecule has 0 aliphatic carbocycles. The Morgan fingerprint density at radius 1 is 1.17 bits per heavy atom. The second kappa shape index (κ2) is 8.15. The Balaban J connectivity index is 2.43. The molecule has 1 atom stereocenters. The first-order valence-corrected chi connectivity index (χ1v) is 7.09. The van der Waals surface area contributed by atoms with Crippen molar-refractivity contribution in [1.82, 2.24) is 0 Å². The van der Waals surface area contributed by atoms with Gasteiger partial charge in [-0.25, -0.2) is 0 Å². The van der Waals surface area contributed by atoms with E-state index in [2.05, 4.69) is 26.0 Å². The maximum absolute atomic E-state index is 6.26. The van der Waals surface area contributed by atoms with Gasteiger partial charge in [-0.15, -0.1) is 0 Å². The molecule has 0 heterocycles. The van der Waals surface area contributed by atoms with E-state index in [4.69, 9.17) is 10.5 Å². The third-order valence-electron chi connectivity index (χ3n) is 3.50. The van der Waals surface area contributed by atoms with Crippen LogP contribution in [0.25, 0.3) is 0 Å². The van der Waals surface area contributed by atoms with Crippen LogP contribution in [0.2, 0.25) is 0 Å². The van der Waals surface area contributed by atoms with Crippen molar-refractivity contribution in [3.8, 4) is 5.75 Å². The van der Waals surface area contributed by atoms with E-state index in [1.807, 2.05) is 6.07 Å². The zero-order valence-electron chi connectivity index (χ0n) is 12.0. The molecule has 0 bridgehead atoms. The Hall–Kier alpha value is -1.02. The fraction of sp³-hybridized carbons (Fsp3) is 0.625. The predicted octanol–water partition coefficient (Wildman–Crippen LogP) is 4.36. The minimum Gasteiger partial charge on any atom is -0.497 e. The molecule has 0 saturated carbocycles. The topological polar surface area (TPSA) is 35.2 Å². The zero-order valence-corrected chi connectivity index (χ0v) is 12.0. The first-order chi connectivity index (χ1) is 8.69. The lowest BCUT2D eigenvalue weighted by atomic mass is 9.97. The molecule has 1 aromatic carbocycles. The van der Waals surface area contributed by atoms with E-state index < -0.39 is 0 Å². The summed E-state index contributed by atoms with van der Waals surface area (Å²) in [6, 6.07) is 6.33. The van der Waals surface area contributed by atoms with Crippen LogP contribution >= 0.6 is 0 Å². The highest BCUT2D eigenvalue weighted by Crippen LogP contribution is 2.24. The van der Waals surface area contributed by atoms with Crippen LogP contribution in [0, 0.1) is 6.92 Å². The van der Waals surface area contributed by atoms with Gasteiger partial charge in [-0.2, -0.15) is 0 Å². The monoisotopic (exact) mass is 249 g/mol. The van der Waals surface area contributed by atoms with Gasteiger partial charge in [0.1, 0.15) is 5.75 Å². The number of ether oxygens (including phenoxy) is 1. The third-order valence-corrected chi connectivity index (χ3v) is 3.50. The Bertz CT molecular complexity index is 349. The average molecular weight is 249 g/mol. The number of methoxy groups -OCH3 is 1. The van der Waals surface area contributed by atoms with Gasteiger partial charge in [0.25, 0.3) is 0 Å². The molecule has 1 rings (SSSR count). The lowest BCUT2D eigenvalue weighted by Gasteiger charge is -2.15. The predicted molar refractivity (Wildman–Crippen MR) is 78.0 cm³/mol. The van der Waals surface area contributed by atoms with Crippen molar-refractivity contribution >= 4 is 0 Å². The number of unbranched alkanes of at least 4 members (excludes halogenated alkanes) is 4. The zero-order chi connectivity index (χ0) is 13.4. The number of hydrogen-bond acceptors (Lipinski definition) is 2. The quantitative estimate of drug-likeness (QED) is 0.695. The Morgan fingerprint density at radius 2 is 1.89 bits per heavy atom. The van der Waals surface area contributed by atoms with Crippen molar-refractivity contribution in [2.45, 2.75) is 58.4 Å². The van der Waals surface area contributed by atoms with Crippen LogP contribution in [-0.4, -0.2) is 7.11 Å². The Kier molecular flexibility index (Phi) is 6.81. The van der Waals surface area contributed by atoms with Crippen molar-refractivity contribution in [3.05, 3.63) is 29.3 Å². The number of aryl methyl sites for hydroxylation is 1. The molecular weight excluding hydrogens is 222 g/mol. The molecule has 0 aromatic heterocycles. The summed E-state index contributed by atoms with van der Waals surface area (Å²) in [6.45, 7) is 4.35. The van der Waals surface area contributed by atoms with Gasteiger partial charge in [-0.3, -0.25) is 0 Å². The highest BCUT2D eigenvalue weighted by atomic mass is 16.5.